The summed E-state index contributed by atoms with van der Waals surface area (Å²) in [5.74, 6) is 0. The van der Waals surface area contributed by atoms with E-state index in [4.69, 9.17) is 10.5 Å². The Morgan fingerprint density at radius 2 is 2.07 bits per heavy atom. The van der Waals surface area contributed by atoms with Crippen LogP contribution in [-0.2, 0) is 4.74 Å². The van der Waals surface area contributed by atoms with Crippen molar-refractivity contribution >= 4 is 0 Å². The van der Waals surface area contributed by atoms with E-state index in [-0.39, 0.29) is 6.04 Å². The second-order valence-electron chi connectivity index (χ2n) is 4.57. The average Bonchev–Trinajstić information content (AvgIpc) is 2.16. The Kier molecular flexibility index (Phi) is 4.35. The molecule has 0 aliphatic carbocycles. The van der Waals surface area contributed by atoms with Crippen molar-refractivity contribution in [2.45, 2.75) is 57.8 Å². The van der Waals surface area contributed by atoms with E-state index in [9.17, 15) is 0 Å². The molecular formula is C11H24N2O. The van der Waals surface area contributed by atoms with E-state index in [1.807, 2.05) is 7.11 Å². The lowest BCUT2D eigenvalue weighted by atomic mass is 9.97. The van der Waals surface area contributed by atoms with Crippen LogP contribution in [0.5, 0.6) is 0 Å². The predicted octanol–water partition coefficient (Wildman–Crippen LogP) is 1.22. The number of ether oxygens (including phenoxy) is 1. The summed E-state index contributed by atoms with van der Waals surface area (Å²) in [5, 5.41) is 0. The molecule has 0 saturated carbocycles. The zero-order valence-corrected chi connectivity index (χ0v) is 9.86. The third-order valence-corrected chi connectivity index (χ3v) is 3.50. The molecule has 3 heteroatoms. The summed E-state index contributed by atoms with van der Waals surface area (Å²) >= 11 is 0. The highest BCUT2D eigenvalue weighted by molar-refractivity contribution is 4.85. The molecule has 14 heavy (non-hydrogen) atoms. The third-order valence-electron chi connectivity index (χ3n) is 3.50. The highest BCUT2D eigenvalue weighted by Gasteiger charge is 2.29. The fourth-order valence-corrected chi connectivity index (χ4v) is 2.27. The summed E-state index contributed by atoms with van der Waals surface area (Å²) < 4.78 is 5.39. The predicted molar refractivity (Wildman–Crippen MR) is 59.3 cm³/mol. The molecule has 1 aliphatic heterocycles. The molecule has 4 unspecified atom stereocenters. The van der Waals surface area contributed by atoms with E-state index in [2.05, 4.69) is 25.7 Å². The number of rotatable bonds is 3. The van der Waals surface area contributed by atoms with Gasteiger partial charge in [-0.2, -0.15) is 0 Å². The van der Waals surface area contributed by atoms with Crippen LogP contribution in [-0.4, -0.2) is 42.8 Å². The number of hydrogen-bond donors (Lipinski definition) is 1. The smallest absolute Gasteiger partial charge is 0.0598 e. The minimum absolute atomic E-state index is 0.247. The number of likely N-dealkylation sites (tertiary alicyclic amines) is 1. The lowest BCUT2D eigenvalue weighted by Crippen LogP contribution is -2.53. The Morgan fingerprint density at radius 3 is 2.50 bits per heavy atom. The Labute approximate surface area is 87.6 Å². The molecule has 1 fully saturated rings. The summed E-state index contributed by atoms with van der Waals surface area (Å²) in [6.07, 6.45) is 2.72. The van der Waals surface area contributed by atoms with E-state index in [1.54, 1.807) is 0 Å². The highest BCUT2D eigenvalue weighted by atomic mass is 16.5. The van der Waals surface area contributed by atoms with Crippen molar-refractivity contribution < 1.29 is 4.74 Å². The molecule has 1 rings (SSSR count). The highest BCUT2D eigenvalue weighted by Crippen LogP contribution is 2.22. The molecule has 0 aromatic rings. The van der Waals surface area contributed by atoms with Crippen molar-refractivity contribution in [3.63, 3.8) is 0 Å². The Hall–Kier alpha value is -0.120. The fraction of sp³-hybridized carbons (Fsp3) is 1.00. The summed E-state index contributed by atoms with van der Waals surface area (Å²) in [4.78, 5) is 2.50. The van der Waals surface area contributed by atoms with Crippen molar-refractivity contribution in [3.8, 4) is 0 Å². The third kappa shape index (κ3) is 2.69. The van der Waals surface area contributed by atoms with E-state index < -0.39 is 0 Å². The lowest BCUT2D eigenvalue weighted by molar-refractivity contribution is -0.00154. The largest absolute Gasteiger partial charge is 0.381 e. The molecule has 0 bridgehead atoms. The second-order valence-corrected chi connectivity index (χ2v) is 4.57. The normalized spacial score (nSPS) is 34.1. The van der Waals surface area contributed by atoms with Crippen LogP contribution in [0.4, 0.5) is 0 Å². The molecule has 0 amide bonds. The van der Waals surface area contributed by atoms with Gasteiger partial charge in [-0.3, -0.25) is 4.90 Å². The van der Waals surface area contributed by atoms with Gasteiger partial charge in [0, 0.05) is 31.8 Å². The first-order chi connectivity index (χ1) is 6.56. The number of piperidine rings is 1. The monoisotopic (exact) mass is 200 g/mol. The van der Waals surface area contributed by atoms with Gasteiger partial charge in [-0.1, -0.05) is 0 Å². The quantitative estimate of drug-likeness (QED) is 0.744. The van der Waals surface area contributed by atoms with Crippen LogP contribution < -0.4 is 5.73 Å². The maximum Gasteiger partial charge on any atom is 0.0598 e. The van der Waals surface area contributed by atoms with Gasteiger partial charge in [0.25, 0.3) is 0 Å². The van der Waals surface area contributed by atoms with Crippen molar-refractivity contribution in [1.29, 1.82) is 0 Å². The van der Waals surface area contributed by atoms with E-state index in [1.165, 1.54) is 0 Å². The van der Waals surface area contributed by atoms with Crippen LogP contribution >= 0.6 is 0 Å². The van der Waals surface area contributed by atoms with Crippen LogP contribution in [0, 0.1) is 0 Å². The number of nitrogens with two attached hydrogens (primary N) is 1. The molecular weight excluding hydrogens is 176 g/mol. The number of hydrogen-bond acceptors (Lipinski definition) is 3. The second kappa shape index (κ2) is 5.10. The van der Waals surface area contributed by atoms with Crippen LogP contribution in [0.2, 0.25) is 0 Å². The topological polar surface area (TPSA) is 38.5 Å². The van der Waals surface area contributed by atoms with Gasteiger partial charge in [0.05, 0.1) is 6.10 Å². The van der Waals surface area contributed by atoms with Gasteiger partial charge in [-0.25, -0.2) is 0 Å². The molecule has 1 saturated heterocycles. The van der Waals surface area contributed by atoms with E-state index in [0.717, 1.165) is 19.4 Å². The van der Waals surface area contributed by atoms with Gasteiger partial charge in [-0.15, -0.1) is 0 Å². The maximum atomic E-state index is 5.92. The minimum atomic E-state index is 0.247. The number of nitrogens with zero attached hydrogens (tertiary/aromatic N) is 1. The van der Waals surface area contributed by atoms with Crippen molar-refractivity contribution in [3.05, 3.63) is 0 Å². The molecule has 0 aromatic carbocycles. The molecule has 4 atom stereocenters. The number of methoxy groups -OCH3 is 1. The Bertz CT molecular complexity index is 173. The van der Waals surface area contributed by atoms with Crippen molar-refractivity contribution in [1.82, 2.24) is 4.90 Å². The van der Waals surface area contributed by atoms with E-state index in [0.29, 0.717) is 18.2 Å². The first-order valence-electron chi connectivity index (χ1n) is 5.60. The van der Waals surface area contributed by atoms with Gasteiger partial charge >= 0.3 is 0 Å². The van der Waals surface area contributed by atoms with Crippen LogP contribution in [0.3, 0.4) is 0 Å². The standard InChI is InChI=1S/C11H24N2O/c1-8-7-11(14-4)5-6-13(8)10(3)9(2)12/h8-11H,5-7,12H2,1-4H3. The summed E-state index contributed by atoms with van der Waals surface area (Å²) in [5.41, 5.74) is 5.92. The van der Waals surface area contributed by atoms with E-state index >= 15 is 0 Å². The van der Waals surface area contributed by atoms with Crippen LogP contribution in [0.1, 0.15) is 33.6 Å². The molecule has 1 aliphatic rings. The van der Waals surface area contributed by atoms with Crippen molar-refractivity contribution in [2.24, 2.45) is 5.73 Å². The summed E-state index contributed by atoms with van der Waals surface area (Å²) in [6, 6.07) is 1.31. The molecule has 1 heterocycles. The average molecular weight is 200 g/mol. The fourth-order valence-electron chi connectivity index (χ4n) is 2.27. The molecule has 2 N–H and O–H groups in total. The zero-order valence-electron chi connectivity index (χ0n) is 9.86. The first kappa shape index (κ1) is 12.0. The maximum absolute atomic E-state index is 5.92. The summed E-state index contributed by atoms with van der Waals surface area (Å²) in [6.45, 7) is 7.68. The first-order valence-corrected chi connectivity index (χ1v) is 5.60. The summed E-state index contributed by atoms with van der Waals surface area (Å²) in [7, 11) is 1.81. The lowest BCUT2D eigenvalue weighted by Gasteiger charge is -2.42. The SMILES string of the molecule is COC1CCN(C(C)C(C)N)C(C)C1. The molecule has 3 nitrogen and oxygen atoms in total. The molecule has 0 radical (unpaired) electrons. The molecule has 84 valence electrons. The van der Waals surface area contributed by atoms with Gasteiger partial charge < -0.3 is 10.5 Å². The minimum Gasteiger partial charge on any atom is -0.381 e. The van der Waals surface area contributed by atoms with Crippen LogP contribution in [0.25, 0.3) is 0 Å². The van der Waals surface area contributed by atoms with Crippen molar-refractivity contribution in [2.75, 3.05) is 13.7 Å². The zero-order chi connectivity index (χ0) is 10.7. The van der Waals surface area contributed by atoms with Gasteiger partial charge in [-0.05, 0) is 33.6 Å². The Morgan fingerprint density at radius 1 is 1.43 bits per heavy atom. The molecule has 0 spiro atoms. The van der Waals surface area contributed by atoms with Gasteiger partial charge in [0.1, 0.15) is 0 Å². The van der Waals surface area contributed by atoms with Crippen LogP contribution in [0.15, 0.2) is 0 Å². The Balaban J connectivity index is 2.49. The molecule has 0 aromatic heterocycles. The van der Waals surface area contributed by atoms with Gasteiger partial charge in [0.2, 0.25) is 0 Å². The van der Waals surface area contributed by atoms with Gasteiger partial charge in [0.15, 0.2) is 0 Å².